The summed E-state index contributed by atoms with van der Waals surface area (Å²) in [6.07, 6.45) is 2.52. The van der Waals surface area contributed by atoms with Crippen molar-refractivity contribution in [2.24, 2.45) is 0 Å². The Kier molecular flexibility index (Phi) is 5.09. The number of nitrogens with one attached hydrogen (secondary N) is 1. The van der Waals surface area contributed by atoms with Crippen LogP contribution >= 0.6 is 0 Å². The fraction of sp³-hybridized carbons (Fsp3) is 0.118. The fourth-order valence-corrected chi connectivity index (χ4v) is 1.79. The summed E-state index contributed by atoms with van der Waals surface area (Å²) < 4.78 is 0. The number of hydrogen-bond donors (Lipinski definition) is 2. The Bertz CT molecular complexity index is 564. The summed E-state index contributed by atoms with van der Waals surface area (Å²) in [5.74, 6) is -0.219. The van der Waals surface area contributed by atoms with Gasteiger partial charge in [-0.1, -0.05) is 60.7 Å². The first-order valence-corrected chi connectivity index (χ1v) is 6.49. The molecule has 1 amide bonds. The van der Waals surface area contributed by atoms with Gasteiger partial charge in [-0.25, -0.2) is 0 Å². The van der Waals surface area contributed by atoms with Crippen LogP contribution in [-0.4, -0.2) is 17.6 Å². The first kappa shape index (κ1) is 14.0. The van der Waals surface area contributed by atoms with Gasteiger partial charge in [0, 0.05) is 12.6 Å². The lowest BCUT2D eigenvalue weighted by Gasteiger charge is -2.10. The van der Waals surface area contributed by atoms with Crippen LogP contribution in [0.5, 0.6) is 0 Å². The van der Waals surface area contributed by atoms with Crippen molar-refractivity contribution in [3.05, 3.63) is 77.9 Å². The summed E-state index contributed by atoms with van der Waals surface area (Å²) in [6.45, 7) is 0.196. The van der Waals surface area contributed by atoms with Gasteiger partial charge < -0.3 is 10.4 Å². The minimum atomic E-state index is -0.690. The molecule has 0 radical (unpaired) electrons. The second kappa shape index (κ2) is 7.26. The van der Waals surface area contributed by atoms with Crippen molar-refractivity contribution in [2.75, 3.05) is 6.54 Å². The lowest BCUT2D eigenvalue weighted by molar-refractivity contribution is -0.116. The Morgan fingerprint density at radius 1 is 1.05 bits per heavy atom. The maximum absolute atomic E-state index is 11.6. The molecule has 0 heterocycles. The lowest BCUT2D eigenvalue weighted by Crippen LogP contribution is -2.26. The first-order chi connectivity index (χ1) is 9.75. The molecule has 0 saturated carbocycles. The Balaban J connectivity index is 1.82. The highest BCUT2D eigenvalue weighted by atomic mass is 16.3. The average molecular weight is 267 g/mol. The molecule has 102 valence electrons. The molecule has 1 atom stereocenters. The van der Waals surface area contributed by atoms with E-state index in [1.54, 1.807) is 6.08 Å². The number of carbonyl (C=O) groups is 1. The molecule has 0 saturated heterocycles. The molecule has 2 aromatic carbocycles. The zero-order chi connectivity index (χ0) is 14.2. The molecule has 0 aromatic heterocycles. The lowest BCUT2D eigenvalue weighted by atomic mass is 10.1. The second-order valence-corrected chi connectivity index (χ2v) is 4.42. The number of aliphatic hydroxyl groups is 1. The van der Waals surface area contributed by atoms with Crippen molar-refractivity contribution in [3.8, 4) is 0 Å². The van der Waals surface area contributed by atoms with Crippen LogP contribution in [0.3, 0.4) is 0 Å². The maximum Gasteiger partial charge on any atom is 0.244 e. The molecule has 0 aliphatic heterocycles. The van der Waals surface area contributed by atoms with E-state index in [9.17, 15) is 9.90 Å². The van der Waals surface area contributed by atoms with Crippen LogP contribution in [0, 0.1) is 0 Å². The molecule has 3 heteroatoms. The van der Waals surface area contributed by atoms with Gasteiger partial charge in [0.25, 0.3) is 0 Å². The Morgan fingerprint density at radius 3 is 2.30 bits per heavy atom. The third-order valence-corrected chi connectivity index (χ3v) is 2.88. The van der Waals surface area contributed by atoms with Gasteiger partial charge in [0.2, 0.25) is 5.91 Å². The first-order valence-electron chi connectivity index (χ1n) is 6.49. The third kappa shape index (κ3) is 4.37. The van der Waals surface area contributed by atoms with E-state index in [-0.39, 0.29) is 12.5 Å². The van der Waals surface area contributed by atoms with E-state index in [1.165, 1.54) is 6.08 Å². The van der Waals surface area contributed by atoms with E-state index in [1.807, 2.05) is 60.7 Å². The Labute approximate surface area is 118 Å². The molecule has 0 aliphatic carbocycles. The number of rotatable bonds is 5. The topological polar surface area (TPSA) is 49.3 Å². The summed E-state index contributed by atoms with van der Waals surface area (Å²) in [4.78, 5) is 11.6. The quantitative estimate of drug-likeness (QED) is 0.818. The van der Waals surface area contributed by atoms with Crippen molar-refractivity contribution < 1.29 is 9.90 Å². The van der Waals surface area contributed by atoms with Gasteiger partial charge in [-0.15, -0.1) is 0 Å². The van der Waals surface area contributed by atoms with Crippen LogP contribution < -0.4 is 5.32 Å². The van der Waals surface area contributed by atoms with Crippen molar-refractivity contribution in [3.63, 3.8) is 0 Å². The number of amides is 1. The van der Waals surface area contributed by atoms with Gasteiger partial charge in [-0.2, -0.15) is 0 Å². The highest BCUT2D eigenvalue weighted by Crippen LogP contribution is 2.10. The van der Waals surface area contributed by atoms with Gasteiger partial charge in [0.1, 0.15) is 0 Å². The van der Waals surface area contributed by atoms with Crippen LogP contribution in [0.15, 0.2) is 66.7 Å². The predicted molar refractivity (Wildman–Crippen MR) is 79.9 cm³/mol. The van der Waals surface area contributed by atoms with E-state index in [0.29, 0.717) is 0 Å². The normalized spacial score (nSPS) is 12.2. The van der Waals surface area contributed by atoms with Gasteiger partial charge in [-0.3, -0.25) is 4.79 Å². The minimum Gasteiger partial charge on any atom is -0.387 e. The minimum absolute atomic E-state index is 0.196. The summed E-state index contributed by atoms with van der Waals surface area (Å²) in [5.41, 5.74) is 1.76. The van der Waals surface area contributed by atoms with E-state index in [0.717, 1.165) is 11.1 Å². The van der Waals surface area contributed by atoms with Crippen LogP contribution in [-0.2, 0) is 4.79 Å². The predicted octanol–water partition coefficient (Wildman–Crippen LogP) is 2.55. The zero-order valence-electron chi connectivity index (χ0n) is 11.1. The van der Waals surface area contributed by atoms with Crippen molar-refractivity contribution in [1.82, 2.24) is 5.32 Å². The van der Waals surface area contributed by atoms with Crippen LogP contribution in [0.4, 0.5) is 0 Å². The van der Waals surface area contributed by atoms with Crippen LogP contribution in [0.25, 0.3) is 6.08 Å². The third-order valence-electron chi connectivity index (χ3n) is 2.88. The van der Waals surface area contributed by atoms with Crippen molar-refractivity contribution >= 4 is 12.0 Å². The summed E-state index contributed by atoms with van der Waals surface area (Å²) in [6, 6.07) is 18.8. The molecule has 2 aromatic rings. The number of hydrogen-bond acceptors (Lipinski definition) is 2. The SMILES string of the molecule is O=C(/C=C/c1ccccc1)NC[C@H](O)c1ccccc1. The van der Waals surface area contributed by atoms with Gasteiger partial charge in [-0.05, 0) is 17.2 Å². The molecule has 2 rings (SSSR count). The second-order valence-electron chi connectivity index (χ2n) is 4.42. The molecule has 20 heavy (non-hydrogen) atoms. The Hall–Kier alpha value is -2.39. The van der Waals surface area contributed by atoms with Gasteiger partial charge in [0.15, 0.2) is 0 Å². The molecule has 0 fully saturated rings. The van der Waals surface area contributed by atoms with Crippen molar-refractivity contribution in [2.45, 2.75) is 6.10 Å². The smallest absolute Gasteiger partial charge is 0.244 e. The molecule has 0 spiro atoms. The van der Waals surface area contributed by atoms with Gasteiger partial charge >= 0.3 is 0 Å². The summed E-state index contributed by atoms with van der Waals surface area (Å²) in [5, 5.41) is 12.6. The van der Waals surface area contributed by atoms with Crippen LogP contribution in [0.1, 0.15) is 17.2 Å². The molecule has 0 aliphatic rings. The molecular weight excluding hydrogens is 250 g/mol. The highest BCUT2D eigenvalue weighted by Gasteiger charge is 2.07. The summed E-state index contributed by atoms with van der Waals surface area (Å²) >= 11 is 0. The molecule has 0 unspecified atom stereocenters. The van der Waals surface area contributed by atoms with Crippen molar-refractivity contribution in [1.29, 1.82) is 0 Å². The Morgan fingerprint density at radius 2 is 1.65 bits per heavy atom. The monoisotopic (exact) mass is 267 g/mol. The standard InChI is InChI=1S/C17H17NO2/c19-16(15-9-5-2-6-10-15)13-18-17(20)12-11-14-7-3-1-4-8-14/h1-12,16,19H,13H2,(H,18,20)/b12-11+/t16-/m0/s1. The van der Waals surface area contributed by atoms with Crippen LogP contribution in [0.2, 0.25) is 0 Å². The van der Waals surface area contributed by atoms with E-state index >= 15 is 0 Å². The molecular formula is C17H17NO2. The maximum atomic E-state index is 11.6. The molecule has 0 bridgehead atoms. The average Bonchev–Trinajstić information content (AvgIpc) is 2.52. The largest absolute Gasteiger partial charge is 0.387 e. The fourth-order valence-electron chi connectivity index (χ4n) is 1.79. The van der Waals surface area contributed by atoms with E-state index in [2.05, 4.69) is 5.32 Å². The number of aliphatic hydroxyl groups excluding tert-OH is 1. The highest BCUT2D eigenvalue weighted by molar-refractivity contribution is 5.91. The number of benzene rings is 2. The molecule has 2 N–H and O–H groups in total. The van der Waals surface area contributed by atoms with Gasteiger partial charge in [0.05, 0.1) is 6.10 Å². The molecule has 3 nitrogen and oxygen atoms in total. The number of carbonyl (C=O) groups excluding carboxylic acids is 1. The van der Waals surface area contributed by atoms with E-state index in [4.69, 9.17) is 0 Å². The summed E-state index contributed by atoms with van der Waals surface area (Å²) in [7, 11) is 0. The van der Waals surface area contributed by atoms with E-state index < -0.39 is 6.10 Å². The zero-order valence-corrected chi connectivity index (χ0v) is 11.1.